The van der Waals surface area contributed by atoms with E-state index in [9.17, 15) is 4.79 Å². The van der Waals surface area contributed by atoms with Crippen molar-refractivity contribution in [1.29, 1.82) is 0 Å². The van der Waals surface area contributed by atoms with Gasteiger partial charge in [-0.15, -0.1) is 10.2 Å². The second-order valence-electron chi connectivity index (χ2n) is 5.66. The molecule has 118 valence electrons. The summed E-state index contributed by atoms with van der Waals surface area (Å²) in [5.74, 6) is 0.967. The number of hydrogen-bond donors (Lipinski definition) is 1. The Labute approximate surface area is 134 Å². The van der Waals surface area contributed by atoms with Gasteiger partial charge in [-0.05, 0) is 37.5 Å². The van der Waals surface area contributed by atoms with Crippen LogP contribution in [0.25, 0.3) is 0 Å². The molecule has 1 aromatic heterocycles. The van der Waals surface area contributed by atoms with E-state index in [4.69, 9.17) is 4.74 Å². The molecule has 22 heavy (non-hydrogen) atoms. The summed E-state index contributed by atoms with van der Waals surface area (Å²) < 4.78 is 5.64. The summed E-state index contributed by atoms with van der Waals surface area (Å²) in [5, 5.41) is 12.3. The smallest absolute Gasteiger partial charge is 0.266 e. The first-order chi connectivity index (χ1) is 10.4. The van der Waals surface area contributed by atoms with Crippen LogP contribution in [0.1, 0.15) is 31.3 Å². The maximum atomic E-state index is 12.1. The van der Waals surface area contributed by atoms with Crippen molar-refractivity contribution in [3.05, 3.63) is 34.8 Å². The van der Waals surface area contributed by atoms with E-state index in [1.54, 1.807) is 6.92 Å². The normalized spacial score (nSPS) is 12.2. The number of nitrogens with one attached hydrogen (secondary N) is 1. The maximum absolute atomic E-state index is 12.1. The lowest BCUT2D eigenvalue weighted by Gasteiger charge is -2.13. The summed E-state index contributed by atoms with van der Waals surface area (Å²) in [6.45, 7) is 7.94. The molecule has 1 atom stereocenters. The summed E-state index contributed by atoms with van der Waals surface area (Å²) in [7, 11) is 0. The molecule has 1 amide bonds. The third-order valence-corrected chi connectivity index (χ3v) is 3.81. The molecule has 0 fully saturated rings. The van der Waals surface area contributed by atoms with Gasteiger partial charge in [-0.25, -0.2) is 0 Å². The van der Waals surface area contributed by atoms with Crippen molar-refractivity contribution in [2.45, 2.75) is 40.2 Å². The molecule has 0 aliphatic rings. The minimum atomic E-state index is -0.598. The van der Waals surface area contributed by atoms with Crippen LogP contribution in [0.2, 0.25) is 0 Å². The van der Waals surface area contributed by atoms with Crippen LogP contribution in [0.5, 0.6) is 5.75 Å². The summed E-state index contributed by atoms with van der Waals surface area (Å²) >= 11 is 1.41. The first-order valence-corrected chi connectivity index (χ1v) is 8.12. The Hall–Kier alpha value is -1.95. The molecule has 0 saturated carbocycles. The van der Waals surface area contributed by atoms with E-state index in [-0.39, 0.29) is 5.91 Å². The lowest BCUT2D eigenvalue weighted by Crippen LogP contribution is -2.30. The molecule has 5 nitrogen and oxygen atoms in total. The predicted molar refractivity (Wildman–Crippen MR) is 88.3 cm³/mol. The minimum absolute atomic E-state index is 0.228. The number of nitrogens with zero attached hydrogens (tertiary/aromatic N) is 2. The summed E-state index contributed by atoms with van der Waals surface area (Å²) in [6.07, 6.45) is 0.266. The molecule has 6 heteroatoms. The summed E-state index contributed by atoms with van der Waals surface area (Å²) in [5.41, 5.74) is 1.09. The zero-order valence-corrected chi connectivity index (χ0v) is 14.1. The molecule has 1 heterocycles. The van der Waals surface area contributed by atoms with Gasteiger partial charge in [0.05, 0.1) is 0 Å². The van der Waals surface area contributed by atoms with E-state index < -0.39 is 6.10 Å². The molecule has 0 aliphatic carbocycles. The predicted octanol–water partition coefficient (Wildman–Crippen LogP) is 3.45. The fourth-order valence-electron chi connectivity index (χ4n) is 1.89. The summed E-state index contributed by atoms with van der Waals surface area (Å²) in [4.78, 5) is 12.1. The lowest BCUT2D eigenvalue weighted by atomic mass is 10.1. The van der Waals surface area contributed by atoms with Crippen LogP contribution in [-0.2, 0) is 11.2 Å². The van der Waals surface area contributed by atoms with Gasteiger partial charge < -0.3 is 4.74 Å². The molecule has 1 N–H and O–H groups in total. The molecule has 2 aromatic rings. The van der Waals surface area contributed by atoms with Crippen molar-refractivity contribution < 1.29 is 9.53 Å². The molecule has 0 radical (unpaired) electrons. The van der Waals surface area contributed by atoms with E-state index in [1.165, 1.54) is 11.3 Å². The van der Waals surface area contributed by atoms with E-state index in [1.807, 2.05) is 31.2 Å². The van der Waals surface area contributed by atoms with E-state index in [0.717, 1.165) is 17.0 Å². The van der Waals surface area contributed by atoms with Gasteiger partial charge in [-0.3, -0.25) is 10.1 Å². The van der Waals surface area contributed by atoms with Gasteiger partial charge in [0.2, 0.25) is 5.13 Å². The molecular weight excluding hydrogens is 298 g/mol. The highest BCUT2D eigenvalue weighted by Gasteiger charge is 2.17. The zero-order chi connectivity index (χ0) is 16.1. The number of rotatable bonds is 6. The Bertz CT molecular complexity index is 640. The summed E-state index contributed by atoms with van der Waals surface area (Å²) in [6, 6.07) is 7.62. The SMILES string of the molecule is Cc1cccc(O[C@H](C)C(=O)Nc2nnc(CC(C)C)s2)c1. The Morgan fingerprint density at radius 2 is 2.09 bits per heavy atom. The fourth-order valence-corrected chi connectivity index (χ4v) is 2.84. The zero-order valence-electron chi connectivity index (χ0n) is 13.3. The molecule has 0 spiro atoms. The van der Waals surface area contributed by atoms with Gasteiger partial charge in [-0.1, -0.05) is 37.3 Å². The maximum Gasteiger partial charge on any atom is 0.266 e. The van der Waals surface area contributed by atoms with Gasteiger partial charge in [0.25, 0.3) is 5.91 Å². The van der Waals surface area contributed by atoms with Crippen LogP contribution in [0, 0.1) is 12.8 Å². The average Bonchev–Trinajstić information content (AvgIpc) is 2.85. The monoisotopic (exact) mass is 319 g/mol. The van der Waals surface area contributed by atoms with Crippen molar-refractivity contribution in [2.75, 3.05) is 5.32 Å². The van der Waals surface area contributed by atoms with E-state index in [2.05, 4.69) is 29.4 Å². The van der Waals surface area contributed by atoms with Crippen LogP contribution in [-0.4, -0.2) is 22.2 Å². The van der Waals surface area contributed by atoms with Gasteiger partial charge in [0, 0.05) is 6.42 Å². The van der Waals surface area contributed by atoms with Gasteiger partial charge in [0.1, 0.15) is 10.8 Å². The second-order valence-corrected chi connectivity index (χ2v) is 6.73. The second kappa shape index (κ2) is 7.35. The number of benzene rings is 1. The Balaban J connectivity index is 1.92. The molecule has 0 aliphatic heterocycles. The van der Waals surface area contributed by atoms with Crippen molar-refractivity contribution in [1.82, 2.24) is 10.2 Å². The number of carbonyl (C=O) groups excluding carboxylic acids is 1. The Morgan fingerprint density at radius 1 is 1.32 bits per heavy atom. The fraction of sp³-hybridized carbons (Fsp3) is 0.438. The van der Waals surface area contributed by atoms with Crippen LogP contribution < -0.4 is 10.1 Å². The highest BCUT2D eigenvalue weighted by molar-refractivity contribution is 7.15. The number of aryl methyl sites for hydroxylation is 1. The topological polar surface area (TPSA) is 64.1 Å². The molecule has 0 unspecified atom stereocenters. The van der Waals surface area contributed by atoms with Crippen LogP contribution in [0.15, 0.2) is 24.3 Å². The quantitative estimate of drug-likeness (QED) is 0.885. The van der Waals surface area contributed by atoms with Crippen molar-refractivity contribution in [3.63, 3.8) is 0 Å². The molecule has 0 bridgehead atoms. The molecule has 1 aromatic carbocycles. The largest absolute Gasteiger partial charge is 0.481 e. The lowest BCUT2D eigenvalue weighted by molar-refractivity contribution is -0.122. The van der Waals surface area contributed by atoms with Crippen molar-refractivity contribution in [3.8, 4) is 5.75 Å². The number of hydrogen-bond acceptors (Lipinski definition) is 5. The van der Waals surface area contributed by atoms with Crippen LogP contribution in [0.3, 0.4) is 0 Å². The van der Waals surface area contributed by atoms with Crippen LogP contribution >= 0.6 is 11.3 Å². The first kappa shape index (κ1) is 16.4. The number of anilines is 1. The van der Waals surface area contributed by atoms with E-state index >= 15 is 0 Å². The van der Waals surface area contributed by atoms with Gasteiger partial charge in [-0.2, -0.15) is 0 Å². The molecule has 0 saturated heterocycles. The van der Waals surface area contributed by atoms with Crippen molar-refractivity contribution in [2.24, 2.45) is 5.92 Å². The van der Waals surface area contributed by atoms with Crippen LogP contribution in [0.4, 0.5) is 5.13 Å². The standard InChI is InChI=1S/C16H21N3O2S/c1-10(2)8-14-18-19-16(22-14)17-15(20)12(4)21-13-7-5-6-11(3)9-13/h5-7,9-10,12H,8H2,1-4H3,(H,17,19,20)/t12-/m1/s1. The third kappa shape index (κ3) is 4.80. The minimum Gasteiger partial charge on any atom is -0.481 e. The van der Waals surface area contributed by atoms with Gasteiger partial charge >= 0.3 is 0 Å². The average molecular weight is 319 g/mol. The molecule has 2 rings (SSSR count). The first-order valence-electron chi connectivity index (χ1n) is 7.30. The number of carbonyl (C=O) groups is 1. The molecular formula is C16H21N3O2S. The Morgan fingerprint density at radius 3 is 2.77 bits per heavy atom. The van der Waals surface area contributed by atoms with Crippen molar-refractivity contribution >= 4 is 22.4 Å². The highest BCUT2D eigenvalue weighted by atomic mass is 32.1. The Kier molecular flexibility index (Phi) is 5.49. The number of aromatic nitrogens is 2. The third-order valence-electron chi connectivity index (χ3n) is 2.95. The number of ether oxygens (including phenoxy) is 1. The highest BCUT2D eigenvalue weighted by Crippen LogP contribution is 2.19. The number of amides is 1. The van der Waals surface area contributed by atoms with Gasteiger partial charge in [0.15, 0.2) is 6.10 Å². The van der Waals surface area contributed by atoms with E-state index in [0.29, 0.717) is 16.8 Å².